The van der Waals surface area contributed by atoms with Crippen molar-refractivity contribution >= 4 is 17.4 Å². The maximum Gasteiger partial charge on any atom is 0.224 e. The molecule has 1 unspecified atom stereocenters. The molecule has 0 aliphatic rings. The molecule has 1 N–H and O–H groups in total. The molecule has 138 valence electrons. The molecule has 4 nitrogen and oxygen atoms in total. The van der Waals surface area contributed by atoms with E-state index in [9.17, 15) is 9.59 Å². The van der Waals surface area contributed by atoms with Gasteiger partial charge in [0.05, 0.1) is 12.7 Å². The molecule has 0 aromatic heterocycles. The van der Waals surface area contributed by atoms with E-state index in [0.29, 0.717) is 17.2 Å². The predicted molar refractivity (Wildman–Crippen MR) is 105 cm³/mol. The van der Waals surface area contributed by atoms with Gasteiger partial charge in [-0.15, -0.1) is 0 Å². The van der Waals surface area contributed by atoms with Crippen molar-refractivity contribution in [3.05, 3.63) is 59.2 Å². The number of ketones is 1. The molecule has 0 fully saturated rings. The Balaban J connectivity index is 2.02. The molecule has 1 amide bonds. The molecule has 0 aliphatic heterocycles. The van der Waals surface area contributed by atoms with Crippen LogP contribution in [0.4, 0.5) is 5.69 Å². The van der Waals surface area contributed by atoms with Crippen molar-refractivity contribution in [2.24, 2.45) is 0 Å². The Labute approximate surface area is 155 Å². The van der Waals surface area contributed by atoms with Crippen LogP contribution in [0.25, 0.3) is 0 Å². The van der Waals surface area contributed by atoms with Crippen LogP contribution < -0.4 is 10.1 Å². The SMILES string of the molecule is CCC(C)c1ccccc1NC(=O)CCC(=O)c1cc(C)ccc1OC. The summed E-state index contributed by atoms with van der Waals surface area (Å²) in [6.07, 6.45) is 1.29. The minimum Gasteiger partial charge on any atom is -0.496 e. The molecule has 2 aromatic carbocycles. The number of ether oxygens (including phenoxy) is 1. The average molecular weight is 353 g/mol. The lowest BCUT2D eigenvalue weighted by molar-refractivity contribution is -0.116. The van der Waals surface area contributed by atoms with Gasteiger partial charge in [-0.05, 0) is 43.0 Å². The van der Waals surface area contributed by atoms with E-state index in [4.69, 9.17) is 4.74 Å². The first-order chi connectivity index (χ1) is 12.5. The number of hydrogen-bond acceptors (Lipinski definition) is 3. The van der Waals surface area contributed by atoms with Crippen LogP contribution in [0.3, 0.4) is 0 Å². The van der Waals surface area contributed by atoms with Gasteiger partial charge < -0.3 is 10.1 Å². The minimum atomic E-state index is -0.152. The Hall–Kier alpha value is -2.62. The van der Waals surface area contributed by atoms with Gasteiger partial charge in [-0.1, -0.05) is 43.7 Å². The minimum absolute atomic E-state index is 0.0871. The second-order valence-electron chi connectivity index (χ2n) is 6.57. The van der Waals surface area contributed by atoms with Gasteiger partial charge in [-0.3, -0.25) is 9.59 Å². The summed E-state index contributed by atoms with van der Waals surface area (Å²) >= 11 is 0. The molecule has 2 aromatic rings. The molecular weight excluding hydrogens is 326 g/mol. The van der Waals surface area contributed by atoms with E-state index in [0.717, 1.165) is 23.2 Å². The molecular formula is C22H27NO3. The average Bonchev–Trinajstić information content (AvgIpc) is 2.65. The van der Waals surface area contributed by atoms with Crippen LogP contribution in [0.15, 0.2) is 42.5 Å². The van der Waals surface area contributed by atoms with Crippen LogP contribution in [0.5, 0.6) is 5.75 Å². The summed E-state index contributed by atoms with van der Waals surface area (Å²) in [5, 5.41) is 2.95. The molecule has 0 saturated heterocycles. The summed E-state index contributed by atoms with van der Waals surface area (Å²) in [4.78, 5) is 24.8. The third-order valence-electron chi connectivity index (χ3n) is 4.61. The third-order valence-corrected chi connectivity index (χ3v) is 4.61. The maximum atomic E-state index is 12.5. The van der Waals surface area contributed by atoms with Gasteiger partial charge in [-0.25, -0.2) is 0 Å². The van der Waals surface area contributed by atoms with Crippen molar-refractivity contribution in [1.82, 2.24) is 0 Å². The number of amides is 1. The number of hydrogen-bond donors (Lipinski definition) is 1. The largest absolute Gasteiger partial charge is 0.496 e. The fraction of sp³-hybridized carbons (Fsp3) is 0.364. The number of methoxy groups -OCH3 is 1. The Kier molecular flexibility index (Phi) is 6.96. The fourth-order valence-corrected chi connectivity index (χ4v) is 2.87. The van der Waals surface area contributed by atoms with Crippen molar-refractivity contribution in [2.75, 3.05) is 12.4 Å². The summed E-state index contributed by atoms with van der Waals surface area (Å²) < 4.78 is 5.26. The Morgan fingerprint density at radius 1 is 1.12 bits per heavy atom. The van der Waals surface area contributed by atoms with E-state index in [1.807, 2.05) is 37.3 Å². The molecule has 0 bridgehead atoms. The van der Waals surface area contributed by atoms with Crippen molar-refractivity contribution in [1.29, 1.82) is 0 Å². The molecule has 0 heterocycles. The quantitative estimate of drug-likeness (QED) is 0.670. The molecule has 26 heavy (non-hydrogen) atoms. The second kappa shape index (κ2) is 9.18. The predicted octanol–water partition coefficient (Wildman–Crippen LogP) is 5.12. The van der Waals surface area contributed by atoms with E-state index in [1.54, 1.807) is 19.2 Å². The lowest BCUT2D eigenvalue weighted by Crippen LogP contribution is -2.15. The fourth-order valence-electron chi connectivity index (χ4n) is 2.87. The molecule has 2 rings (SSSR count). The van der Waals surface area contributed by atoms with Crippen LogP contribution in [0, 0.1) is 6.92 Å². The van der Waals surface area contributed by atoms with E-state index in [1.165, 1.54) is 0 Å². The van der Waals surface area contributed by atoms with Crippen LogP contribution in [-0.2, 0) is 4.79 Å². The Morgan fingerprint density at radius 2 is 1.85 bits per heavy atom. The Bertz CT molecular complexity index is 783. The zero-order valence-corrected chi connectivity index (χ0v) is 16.0. The third kappa shape index (κ3) is 4.94. The zero-order valence-electron chi connectivity index (χ0n) is 16.0. The summed E-state index contributed by atoms with van der Waals surface area (Å²) in [7, 11) is 1.54. The number of aryl methyl sites for hydroxylation is 1. The highest BCUT2D eigenvalue weighted by Gasteiger charge is 2.16. The van der Waals surface area contributed by atoms with Crippen LogP contribution in [0.2, 0.25) is 0 Å². The number of carbonyl (C=O) groups excluding carboxylic acids is 2. The lowest BCUT2D eigenvalue weighted by Gasteiger charge is -2.15. The molecule has 0 spiro atoms. The van der Waals surface area contributed by atoms with Crippen LogP contribution >= 0.6 is 0 Å². The molecule has 1 atom stereocenters. The van der Waals surface area contributed by atoms with E-state index in [-0.39, 0.29) is 24.5 Å². The molecule has 0 saturated carbocycles. The normalized spacial score (nSPS) is 11.7. The van der Waals surface area contributed by atoms with E-state index >= 15 is 0 Å². The highest BCUT2D eigenvalue weighted by Crippen LogP contribution is 2.27. The van der Waals surface area contributed by atoms with Crippen LogP contribution in [-0.4, -0.2) is 18.8 Å². The maximum absolute atomic E-state index is 12.5. The Morgan fingerprint density at radius 3 is 2.54 bits per heavy atom. The smallest absolute Gasteiger partial charge is 0.224 e. The first-order valence-electron chi connectivity index (χ1n) is 9.02. The summed E-state index contributed by atoms with van der Waals surface area (Å²) in [6.45, 7) is 6.18. The van der Waals surface area contributed by atoms with Gasteiger partial charge in [0.15, 0.2) is 5.78 Å². The number of Topliss-reactive ketones (excluding diaryl/α,β-unsaturated/α-hetero) is 1. The van der Waals surface area contributed by atoms with Crippen molar-refractivity contribution < 1.29 is 14.3 Å². The summed E-state index contributed by atoms with van der Waals surface area (Å²) in [5.41, 5.74) is 3.46. The topological polar surface area (TPSA) is 55.4 Å². The monoisotopic (exact) mass is 353 g/mol. The van der Waals surface area contributed by atoms with Gasteiger partial charge in [-0.2, -0.15) is 0 Å². The molecule has 0 radical (unpaired) electrons. The van der Waals surface area contributed by atoms with Gasteiger partial charge in [0.25, 0.3) is 0 Å². The zero-order chi connectivity index (χ0) is 19.1. The molecule has 4 heteroatoms. The highest BCUT2D eigenvalue weighted by atomic mass is 16.5. The van der Waals surface area contributed by atoms with Gasteiger partial charge in [0, 0.05) is 18.5 Å². The number of carbonyl (C=O) groups is 2. The van der Waals surface area contributed by atoms with Gasteiger partial charge >= 0.3 is 0 Å². The number of para-hydroxylation sites is 1. The van der Waals surface area contributed by atoms with Gasteiger partial charge in [0.2, 0.25) is 5.91 Å². The number of anilines is 1. The van der Waals surface area contributed by atoms with Crippen molar-refractivity contribution in [3.63, 3.8) is 0 Å². The number of benzene rings is 2. The van der Waals surface area contributed by atoms with Crippen molar-refractivity contribution in [3.8, 4) is 5.75 Å². The standard InChI is InChI=1S/C22H27NO3/c1-5-16(3)17-8-6-7-9-19(17)23-22(25)13-11-20(24)18-14-15(2)10-12-21(18)26-4/h6-10,12,14,16H,5,11,13H2,1-4H3,(H,23,25). The van der Waals surface area contributed by atoms with E-state index < -0.39 is 0 Å². The highest BCUT2D eigenvalue weighted by molar-refractivity contribution is 6.02. The lowest BCUT2D eigenvalue weighted by atomic mass is 9.96. The van der Waals surface area contributed by atoms with E-state index in [2.05, 4.69) is 19.2 Å². The number of rotatable bonds is 8. The molecule has 0 aliphatic carbocycles. The second-order valence-corrected chi connectivity index (χ2v) is 6.57. The summed E-state index contributed by atoms with van der Waals surface area (Å²) in [6, 6.07) is 13.3. The van der Waals surface area contributed by atoms with Crippen LogP contribution in [0.1, 0.15) is 60.5 Å². The number of nitrogens with one attached hydrogen (secondary N) is 1. The summed E-state index contributed by atoms with van der Waals surface area (Å²) in [5.74, 6) is 0.671. The first kappa shape index (κ1) is 19.7. The van der Waals surface area contributed by atoms with Crippen molar-refractivity contribution in [2.45, 2.75) is 46.0 Å². The first-order valence-corrected chi connectivity index (χ1v) is 9.02. The van der Waals surface area contributed by atoms with Gasteiger partial charge in [0.1, 0.15) is 5.75 Å².